The summed E-state index contributed by atoms with van der Waals surface area (Å²) in [6, 6.07) is 0.666. The number of carbonyl (C=O) groups excluding carboxylic acids is 1. The van der Waals surface area contributed by atoms with Crippen molar-refractivity contribution in [1.82, 2.24) is 15.1 Å². The zero-order valence-electron chi connectivity index (χ0n) is 13.1. The van der Waals surface area contributed by atoms with E-state index >= 15 is 0 Å². The Bertz CT molecular complexity index is 279. The highest BCUT2D eigenvalue weighted by Gasteiger charge is 2.22. The Morgan fingerprint density at radius 1 is 1.05 bits per heavy atom. The molecular formula is C16H31N3O. The van der Waals surface area contributed by atoms with Crippen molar-refractivity contribution in [2.24, 2.45) is 0 Å². The number of likely N-dealkylation sites (tertiary alicyclic amines) is 2. The van der Waals surface area contributed by atoms with Gasteiger partial charge >= 0.3 is 0 Å². The molecule has 4 heteroatoms. The molecule has 2 aliphatic rings. The van der Waals surface area contributed by atoms with Gasteiger partial charge in [-0.15, -0.1) is 0 Å². The largest absolute Gasteiger partial charge is 0.342 e. The van der Waals surface area contributed by atoms with Crippen LogP contribution in [-0.4, -0.2) is 61.0 Å². The minimum absolute atomic E-state index is 0.354. The molecule has 0 aromatic heterocycles. The zero-order valence-corrected chi connectivity index (χ0v) is 13.1. The normalized spacial score (nSPS) is 22.8. The summed E-state index contributed by atoms with van der Waals surface area (Å²) < 4.78 is 0. The summed E-state index contributed by atoms with van der Waals surface area (Å²) >= 11 is 0. The van der Waals surface area contributed by atoms with E-state index in [2.05, 4.69) is 22.0 Å². The van der Waals surface area contributed by atoms with Gasteiger partial charge in [0.2, 0.25) is 5.91 Å². The third-order valence-corrected chi connectivity index (χ3v) is 4.59. The number of amides is 1. The maximum atomic E-state index is 12.3. The fraction of sp³-hybridized carbons (Fsp3) is 0.938. The Labute approximate surface area is 123 Å². The minimum Gasteiger partial charge on any atom is -0.342 e. The van der Waals surface area contributed by atoms with E-state index in [0.29, 0.717) is 18.5 Å². The molecule has 116 valence electrons. The van der Waals surface area contributed by atoms with Crippen molar-refractivity contribution in [3.05, 3.63) is 0 Å². The van der Waals surface area contributed by atoms with Gasteiger partial charge in [-0.05, 0) is 38.6 Å². The molecule has 0 bridgehead atoms. The van der Waals surface area contributed by atoms with Gasteiger partial charge in [0.15, 0.2) is 0 Å². The zero-order chi connectivity index (χ0) is 14.2. The summed E-state index contributed by atoms with van der Waals surface area (Å²) in [4.78, 5) is 16.8. The molecule has 0 unspecified atom stereocenters. The molecule has 2 saturated heterocycles. The van der Waals surface area contributed by atoms with E-state index in [0.717, 1.165) is 32.7 Å². The van der Waals surface area contributed by atoms with Crippen LogP contribution >= 0.6 is 0 Å². The Kier molecular flexibility index (Phi) is 6.80. The van der Waals surface area contributed by atoms with Crippen molar-refractivity contribution in [3.8, 4) is 0 Å². The number of rotatable bonds is 5. The molecule has 2 aliphatic heterocycles. The molecule has 0 aromatic rings. The molecule has 1 amide bonds. The molecule has 0 aromatic carbocycles. The lowest BCUT2D eigenvalue weighted by Gasteiger charge is -2.33. The average Bonchev–Trinajstić information content (AvgIpc) is 2.75. The Morgan fingerprint density at radius 3 is 2.30 bits per heavy atom. The second-order valence-electron chi connectivity index (χ2n) is 6.30. The van der Waals surface area contributed by atoms with Crippen molar-refractivity contribution in [1.29, 1.82) is 0 Å². The standard InChI is InChI=1S/C16H31N3O/c1-2-9-17-15-7-12-18(13-8-15)14-16(20)19-10-5-3-4-6-11-19/h15,17H,2-14H2,1H3. The molecule has 2 heterocycles. The van der Waals surface area contributed by atoms with Gasteiger partial charge in [0.05, 0.1) is 6.54 Å². The van der Waals surface area contributed by atoms with Gasteiger partial charge in [-0.25, -0.2) is 0 Å². The third-order valence-electron chi connectivity index (χ3n) is 4.59. The van der Waals surface area contributed by atoms with Crippen molar-refractivity contribution in [2.75, 3.05) is 39.3 Å². The maximum absolute atomic E-state index is 12.3. The van der Waals surface area contributed by atoms with Crippen LogP contribution in [0.15, 0.2) is 0 Å². The van der Waals surface area contributed by atoms with Crippen LogP contribution in [-0.2, 0) is 4.79 Å². The molecule has 2 fully saturated rings. The number of nitrogens with zero attached hydrogens (tertiary/aromatic N) is 2. The molecule has 0 aliphatic carbocycles. The minimum atomic E-state index is 0.354. The lowest BCUT2D eigenvalue weighted by Crippen LogP contribution is -2.47. The van der Waals surface area contributed by atoms with Crippen LogP contribution in [0.3, 0.4) is 0 Å². The van der Waals surface area contributed by atoms with Crippen LogP contribution in [0.4, 0.5) is 0 Å². The first kappa shape index (κ1) is 15.8. The Hall–Kier alpha value is -0.610. The third kappa shape index (κ3) is 5.06. The van der Waals surface area contributed by atoms with Gasteiger partial charge in [0, 0.05) is 32.2 Å². The Morgan fingerprint density at radius 2 is 1.70 bits per heavy atom. The summed E-state index contributed by atoms with van der Waals surface area (Å²) in [6.45, 7) is 8.07. The first-order chi connectivity index (χ1) is 9.79. The van der Waals surface area contributed by atoms with Crippen LogP contribution in [0.25, 0.3) is 0 Å². The van der Waals surface area contributed by atoms with E-state index in [1.165, 1.54) is 44.9 Å². The molecule has 4 nitrogen and oxygen atoms in total. The van der Waals surface area contributed by atoms with Gasteiger partial charge in [0.1, 0.15) is 0 Å². The molecule has 2 rings (SSSR count). The van der Waals surface area contributed by atoms with Gasteiger partial charge in [0.25, 0.3) is 0 Å². The van der Waals surface area contributed by atoms with E-state index < -0.39 is 0 Å². The van der Waals surface area contributed by atoms with Crippen LogP contribution < -0.4 is 5.32 Å². The van der Waals surface area contributed by atoms with Crippen molar-refractivity contribution in [2.45, 2.75) is 57.9 Å². The molecular weight excluding hydrogens is 250 g/mol. The number of hydrogen-bond acceptors (Lipinski definition) is 3. The van der Waals surface area contributed by atoms with Crippen molar-refractivity contribution >= 4 is 5.91 Å². The highest BCUT2D eigenvalue weighted by molar-refractivity contribution is 5.78. The second kappa shape index (κ2) is 8.63. The summed E-state index contributed by atoms with van der Waals surface area (Å²) in [5.41, 5.74) is 0. The lowest BCUT2D eigenvalue weighted by atomic mass is 10.0. The number of nitrogens with one attached hydrogen (secondary N) is 1. The fourth-order valence-electron chi connectivity index (χ4n) is 3.26. The van der Waals surface area contributed by atoms with Crippen molar-refractivity contribution < 1.29 is 4.79 Å². The number of piperidine rings is 1. The van der Waals surface area contributed by atoms with Crippen LogP contribution in [0, 0.1) is 0 Å². The number of hydrogen-bond donors (Lipinski definition) is 1. The SMILES string of the molecule is CCCNC1CCN(CC(=O)N2CCCCCC2)CC1. The highest BCUT2D eigenvalue weighted by Crippen LogP contribution is 2.13. The molecule has 20 heavy (non-hydrogen) atoms. The first-order valence-electron chi connectivity index (χ1n) is 8.53. The predicted molar refractivity (Wildman–Crippen MR) is 82.8 cm³/mol. The molecule has 0 saturated carbocycles. The van der Waals surface area contributed by atoms with Gasteiger partial charge in [-0.1, -0.05) is 19.8 Å². The number of carbonyl (C=O) groups is 1. The van der Waals surface area contributed by atoms with Gasteiger partial charge < -0.3 is 10.2 Å². The fourth-order valence-corrected chi connectivity index (χ4v) is 3.26. The Balaban J connectivity index is 1.67. The smallest absolute Gasteiger partial charge is 0.236 e. The van der Waals surface area contributed by atoms with Crippen LogP contribution in [0.1, 0.15) is 51.9 Å². The van der Waals surface area contributed by atoms with Crippen LogP contribution in [0.5, 0.6) is 0 Å². The van der Waals surface area contributed by atoms with E-state index in [1.54, 1.807) is 0 Å². The molecule has 0 radical (unpaired) electrons. The van der Waals surface area contributed by atoms with Gasteiger partial charge in [-0.2, -0.15) is 0 Å². The topological polar surface area (TPSA) is 35.6 Å². The summed E-state index contributed by atoms with van der Waals surface area (Å²) in [7, 11) is 0. The predicted octanol–water partition coefficient (Wildman–Crippen LogP) is 1.85. The average molecular weight is 281 g/mol. The second-order valence-corrected chi connectivity index (χ2v) is 6.30. The monoisotopic (exact) mass is 281 g/mol. The van der Waals surface area contributed by atoms with E-state index in [4.69, 9.17) is 0 Å². The summed E-state index contributed by atoms with van der Waals surface area (Å²) in [6.07, 6.45) is 8.54. The molecule has 0 spiro atoms. The van der Waals surface area contributed by atoms with Crippen molar-refractivity contribution in [3.63, 3.8) is 0 Å². The summed E-state index contributed by atoms with van der Waals surface area (Å²) in [5, 5.41) is 3.59. The van der Waals surface area contributed by atoms with Gasteiger partial charge in [-0.3, -0.25) is 9.69 Å². The molecule has 0 atom stereocenters. The van der Waals surface area contributed by atoms with E-state index in [9.17, 15) is 4.79 Å². The van der Waals surface area contributed by atoms with E-state index in [-0.39, 0.29) is 0 Å². The summed E-state index contributed by atoms with van der Waals surface area (Å²) in [5.74, 6) is 0.354. The highest BCUT2D eigenvalue weighted by atomic mass is 16.2. The quantitative estimate of drug-likeness (QED) is 0.835. The lowest BCUT2D eigenvalue weighted by molar-refractivity contribution is -0.132. The molecule has 1 N–H and O–H groups in total. The van der Waals surface area contributed by atoms with Crippen LogP contribution in [0.2, 0.25) is 0 Å². The first-order valence-corrected chi connectivity index (χ1v) is 8.53. The van der Waals surface area contributed by atoms with E-state index in [1.807, 2.05) is 0 Å². The maximum Gasteiger partial charge on any atom is 0.236 e.